The first kappa shape index (κ1) is 12.5. The fourth-order valence-electron chi connectivity index (χ4n) is 2.35. The molecule has 1 aromatic heterocycles. The van der Waals surface area contributed by atoms with Gasteiger partial charge in [-0.1, -0.05) is 12.8 Å². The molecule has 0 spiro atoms. The van der Waals surface area contributed by atoms with Crippen LogP contribution in [0.15, 0.2) is 24.5 Å². The van der Waals surface area contributed by atoms with E-state index in [0.29, 0.717) is 12.0 Å². The van der Waals surface area contributed by atoms with E-state index in [9.17, 15) is 9.59 Å². The summed E-state index contributed by atoms with van der Waals surface area (Å²) in [6.45, 7) is 0. The van der Waals surface area contributed by atoms with Crippen molar-refractivity contribution in [2.24, 2.45) is 5.92 Å². The molecular formula is C13H16N2O3. The third-order valence-corrected chi connectivity index (χ3v) is 3.34. The molecule has 2 atom stereocenters. The summed E-state index contributed by atoms with van der Waals surface area (Å²) in [6, 6.07) is 2.97. The van der Waals surface area contributed by atoms with Crippen LogP contribution in [0.2, 0.25) is 0 Å². The molecule has 1 amide bonds. The van der Waals surface area contributed by atoms with E-state index in [0.717, 1.165) is 19.3 Å². The van der Waals surface area contributed by atoms with Gasteiger partial charge in [-0.3, -0.25) is 14.6 Å². The standard InChI is InChI=1S/C13H16N2O3/c16-12(9-5-7-14-8-6-9)15-11-4-2-1-3-10(11)13(17)18/h5-8,10-11H,1-4H2,(H,15,16)(H,17,18)/t10-,11+/m0/s1. The Hall–Kier alpha value is -1.91. The molecule has 0 radical (unpaired) electrons. The highest BCUT2D eigenvalue weighted by Crippen LogP contribution is 2.24. The number of nitrogens with one attached hydrogen (secondary N) is 1. The average molecular weight is 248 g/mol. The highest BCUT2D eigenvalue weighted by Gasteiger charge is 2.31. The molecule has 1 heterocycles. The zero-order valence-corrected chi connectivity index (χ0v) is 10.0. The second-order valence-corrected chi connectivity index (χ2v) is 4.55. The molecule has 1 fully saturated rings. The van der Waals surface area contributed by atoms with Crippen LogP contribution in [0.4, 0.5) is 0 Å². The van der Waals surface area contributed by atoms with Gasteiger partial charge in [0.25, 0.3) is 5.91 Å². The molecule has 0 unspecified atom stereocenters. The van der Waals surface area contributed by atoms with Crippen molar-refractivity contribution in [2.45, 2.75) is 31.7 Å². The minimum absolute atomic E-state index is 0.226. The first-order valence-electron chi connectivity index (χ1n) is 6.12. The number of carbonyl (C=O) groups excluding carboxylic acids is 1. The molecule has 2 rings (SSSR count). The van der Waals surface area contributed by atoms with Gasteiger partial charge in [-0.25, -0.2) is 0 Å². The van der Waals surface area contributed by atoms with E-state index >= 15 is 0 Å². The Bertz CT molecular complexity index is 433. The summed E-state index contributed by atoms with van der Waals surface area (Å²) in [5.41, 5.74) is 0.514. The molecule has 5 nitrogen and oxygen atoms in total. The van der Waals surface area contributed by atoms with E-state index in [1.165, 1.54) is 0 Å². The lowest BCUT2D eigenvalue weighted by atomic mass is 9.84. The zero-order chi connectivity index (χ0) is 13.0. The number of carbonyl (C=O) groups is 2. The topological polar surface area (TPSA) is 79.3 Å². The van der Waals surface area contributed by atoms with E-state index in [2.05, 4.69) is 10.3 Å². The minimum Gasteiger partial charge on any atom is -0.481 e. The number of hydrogen-bond acceptors (Lipinski definition) is 3. The number of pyridine rings is 1. The maximum Gasteiger partial charge on any atom is 0.308 e. The third kappa shape index (κ3) is 2.85. The number of rotatable bonds is 3. The molecular weight excluding hydrogens is 232 g/mol. The third-order valence-electron chi connectivity index (χ3n) is 3.34. The smallest absolute Gasteiger partial charge is 0.308 e. The number of carboxylic acid groups (broad SMARTS) is 1. The van der Waals surface area contributed by atoms with E-state index < -0.39 is 11.9 Å². The number of aromatic nitrogens is 1. The quantitative estimate of drug-likeness (QED) is 0.848. The number of aliphatic carboxylic acids is 1. The van der Waals surface area contributed by atoms with Gasteiger partial charge >= 0.3 is 5.97 Å². The normalized spacial score (nSPS) is 23.3. The van der Waals surface area contributed by atoms with E-state index in [1.54, 1.807) is 24.5 Å². The van der Waals surface area contributed by atoms with Gasteiger partial charge in [0.1, 0.15) is 0 Å². The first-order chi connectivity index (χ1) is 8.68. The van der Waals surface area contributed by atoms with Crippen LogP contribution in [0.1, 0.15) is 36.0 Å². The average Bonchev–Trinajstić information content (AvgIpc) is 2.40. The summed E-state index contributed by atoms with van der Waals surface area (Å²) < 4.78 is 0. The van der Waals surface area contributed by atoms with Crippen LogP contribution in [-0.4, -0.2) is 28.0 Å². The Balaban J connectivity index is 2.03. The molecule has 0 bridgehead atoms. The van der Waals surface area contributed by atoms with E-state index in [4.69, 9.17) is 5.11 Å². The molecule has 1 saturated carbocycles. The van der Waals surface area contributed by atoms with Gasteiger partial charge in [0.15, 0.2) is 0 Å². The van der Waals surface area contributed by atoms with Crippen LogP contribution in [0.5, 0.6) is 0 Å². The van der Waals surface area contributed by atoms with E-state index in [1.807, 2.05) is 0 Å². The monoisotopic (exact) mass is 248 g/mol. The summed E-state index contributed by atoms with van der Waals surface area (Å²) in [7, 11) is 0. The Morgan fingerprint density at radius 3 is 2.56 bits per heavy atom. The van der Waals surface area contributed by atoms with Gasteiger partial charge in [-0.15, -0.1) is 0 Å². The van der Waals surface area contributed by atoms with Crippen molar-refractivity contribution in [3.63, 3.8) is 0 Å². The van der Waals surface area contributed by atoms with Crippen molar-refractivity contribution in [3.05, 3.63) is 30.1 Å². The largest absolute Gasteiger partial charge is 0.481 e. The lowest BCUT2D eigenvalue weighted by Gasteiger charge is -2.29. The minimum atomic E-state index is -0.824. The zero-order valence-electron chi connectivity index (χ0n) is 10.0. The van der Waals surface area contributed by atoms with Crippen molar-refractivity contribution in [1.29, 1.82) is 0 Å². The Kier molecular flexibility index (Phi) is 3.92. The van der Waals surface area contributed by atoms with Gasteiger partial charge in [0.2, 0.25) is 0 Å². The molecule has 1 aliphatic carbocycles. The number of hydrogen-bond donors (Lipinski definition) is 2. The number of nitrogens with zero attached hydrogens (tertiary/aromatic N) is 1. The fraction of sp³-hybridized carbons (Fsp3) is 0.462. The summed E-state index contributed by atoms with van der Waals surface area (Å²) >= 11 is 0. The van der Waals surface area contributed by atoms with Crippen LogP contribution in [-0.2, 0) is 4.79 Å². The molecule has 1 aromatic rings. The molecule has 96 valence electrons. The van der Waals surface area contributed by atoms with Gasteiger partial charge in [-0.05, 0) is 25.0 Å². The number of amides is 1. The predicted octanol–water partition coefficient (Wildman–Crippen LogP) is 1.45. The van der Waals surface area contributed by atoms with Crippen molar-refractivity contribution in [1.82, 2.24) is 10.3 Å². The van der Waals surface area contributed by atoms with Gasteiger partial charge in [-0.2, -0.15) is 0 Å². The Morgan fingerprint density at radius 2 is 1.89 bits per heavy atom. The van der Waals surface area contributed by atoms with Gasteiger partial charge < -0.3 is 10.4 Å². The van der Waals surface area contributed by atoms with Crippen LogP contribution >= 0.6 is 0 Å². The highest BCUT2D eigenvalue weighted by atomic mass is 16.4. The van der Waals surface area contributed by atoms with Crippen LogP contribution in [0.3, 0.4) is 0 Å². The van der Waals surface area contributed by atoms with Crippen LogP contribution in [0, 0.1) is 5.92 Å². The van der Waals surface area contributed by atoms with Gasteiger partial charge in [0, 0.05) is 24.0 Å². The lowest BCUT2D eigenvalue weighted by Crippen LogP contribution is -2.45. The van der Waals surface area contributed by atoms with Gasteiger partial charge in [0.05, 0.1) is 5.92 Å². The molecule has 18 heavy (non-hydrogen) atoms. The van der Waals surface area contributed by atoms with E-state index in [-0.39, 0.29) is 11.9 Å². The van der Waals surface area contributed by atoms with Crippen molar-refractivity contribution < 1.29 is 14.7 Å². The molecule has 2 N–H and O–H groups in total. The second kappa shape index (κ2) is 5.62. The molecule has 1 aliphatic rings. The highest BCUT2D eigenvalue weighted by molar-refractivity contribution is 5.94. The predicted molar refractivity (Wildman–Crippen MR) is 65.1 cm³/mol. The lowest BCUT2D eigenvalue weighted by molar-refractivity contribution is -0.143. The summed E-state index contributed by atoms with van der Waals surface area (Å²) in [6.07, 6.45) is 6.34. The van der Waals surface area contributed by atoms with Crippen LogP contribution < -0.4 is 5.32 Å². The van der Waals surface area contributed by atoms with Crippen molar-refractivity contribution >= 4 is 11.9 Å². The number of carboxylic acids is 1. The molecule has 0 aromatic carbocycles. The molecule has 0 aliphatic heterocycles. The second-order valence-electron chi connectivity index (χ2n) is 4.55. The first-order valence-corrected chi connectivity index (χ1v) is 6.12. The maximum atomic E-state index is 11.9. The van der Waals surface area contributed by atoms with Crippen molar-refractivity contribution in [3.8, 4) is 0 Å². The summed E-state index contributed by atoms with van der Waals surface area (Å²) in [4.78, 5) is 26.9. The summed E-state index contributed by atoms with van der Waals surface area (Å²) in [5, 5.41) is 11.9. The van der Waals surface area contributed by atoms with Crippen LogP contribution in [0.25, 0.3) is 0 Å². The molecule has 5 heteroatoms. The Labute approximate surface area is 105 Å². The Morgan fingerprint density at radius 1 is 1.22 bits per heavy atom. The summed E-state index contributed by atoms with van der Waals surface area (Å²) in [5.74, 6) is -1.52. The maximum absolute atomic E-state index is 11.9. The SMILES string of the molecule is O=C(N[C@@H]1CCCC[C@@H]1C(=O)O)c1ccncc1. The molecule has 0 saturated heterocycles. The fourth-order valence-corrected chi connectivity index (χ4v) is 2.35. The van der Waals surface area contributed by atoms with Crippen molar-refractivity contribution in [2.75, 3.05) is 0 Å².